The SMILES string of the molecule is Cc1ccnc(N2CCC(Cn3cnc(C(C)(C)C)cc3=O)CC2)n1. The van der Waals surface area contributed by atoms with Gasteiger partial charge in [0, 0.05) is 43.0 Å². The van der Waals surface area contributed by atoms with E-state index in [1.165, 1.54) is 0 Å². The van der Waals surface area contributed by atoms with Gasteiger partial charge < -0.3 is 4.90 Å². The fraction of sp³-hybridized carbons (Fsp3) is 0.579. The van der Waals surface area contributed by atoms with Gasteiger partial charge in [-0.05, 0) is 31.7 Å². The first kappa shape index (κ1) is 17.6. The minimum atomic E-state index is -0.0998. The number of hydrogen-bond acceptors (Lipinski definition) is 5. The molecule has 0 aliphatic carbocycles. The van der Waals surface area contributed by atoms with Gasteiger partial charge in [-0.2, -0.15) is 0 Å². The second-order valence-electron chi connectivity index (χ2n) is 7.94. The summed E-state index contributed by atoms with van der Waals surface area (Å²) >= 11 is 0. The van der Waals surface area contributed by atoms with Crippen LogP contribution in [0.5, 0.6) is 0 Å². The zero-order valence-corrected chi connectivity index (χ0v) is 15.6. The Morgan fingerprint density at radius 1 is 1.20 bits per heavy atom. The Balaban J connectivity index is 1.62. The molecule has 25 heavy (non-hydrogen) atoms. The van der Waals surface area contributed by atoms with E-state index in [0.29, 0.717) is 5.92 Å². The maximum atomic E-state index is 12.4. The molecule has 0 radical (unpaired) electrons. The van der Waals surface area contributed by atoms with Crippen LogP contribution in [0.2, 0.25) is 0 Å². The maximum Gasteiger partial charge on any atom is 0.253 e. The van der Waals surface area contributed by atoms with Crippen LogP contribution < -0.4 is 10.5 Å². The molecule has 2 aromatic heterocycles. The topological polar surface area (TPSA) is 63.9 Å². The van der Waals surface area contributed by atoms with Crippen LogP contribution in [-0.2, 0) is 12.0 Å². The molecule has 0 atom stereocenters. The third-order valence-corrected chi connectivity index (χ3v) is 4.78. The Bertz CT molecular complexity index is 785. The third kappa shape index (κ3) is 4.24. The lowest BCUT2D eigenvalue weighted by molar-refractivity contribution is 0.348. The van der Waals surface area contributed by atoms with Crippen molar-refractivity contribution in [2.45, 2.75) is 52.5 Å². The van der Waals surface area contributed by atoms with Crippen LogP contribution in [0.15, 0.2) is 29.5 Å². The number of anilines is 1. The van der Waals surface area contributed by atoms with Gasteiger partial charge in [-0.25, -0.2) is 15.0 Å². The first-order valence-electron chi connectivity index (χ1n) is 8.94. The molecule has 3 rings (SSSR count). The molecule has 0 N–H and O–H groups in total. The Labute approximate surface area is 149 Å². The lowest BCUT2D eigenvalue weighted by atomic mass is 9.92. The predicted octanol–water partition coefficient (Wildman–Crippen LogP) is 2.56. The molecule has 6 nitrogen and oxygen atoms in total. The Kier molecular flexibility index (Phi) is 4.88. The van der Waals surface area contributed by atoms with E-state index < -0.39 is 0 Å². The van der Waals surface area contributed by atoms with Crippen molar-refractivity contribution in [2.75, 3.05) is 18.0 Å². The summed E-state index contributed by atoms with van der Waals surface area (Å²) in [6, 6.07) is 3.59. The van der Waals surface area contributed by atoms with Crippen molar-refractivity contribution in [3.8, 4) is 0 Å². The Morgan fingerprint density at radius 3 is 2.52 bits per heavy atom. The van der Waals surface area contributed by atoms with Gasteiger partial charge in [0.2, 0.25) is 5.95 Å². The zero-order valence-electron chi connectivity index (χ0n) is 15.6. The largest absolute Gasteiger partial charge is 0.341 e. The molecular formula is C19H27N5O. The first-order valence-corrected chi connectivity index (χ1v) is 8.94. The average Bonchev–Trinajstić information content (AvgIpc) is 2.56. The second-order valence-corrected chi connectivity index (χ2v) is 7.94. The first-order chi connectivity index (χ1) is 11.8. The number of piperidine rings is 1. The van der Waals surface area contributed by atoms with Crippen molar-refractivity contribution in [2.24, 2.45) is 5.92 Å². The highest BCUT2D eigenvalue weighted by Gasteiger charge is 2.22. The van der Waals surface area contributed by atoms with Crippen molar-refractivity contribution in [3.05, 3.63) is 46.4 Å². The highest BCUT2D eigenvalue weighted by atomic mass is 16.1. The Morgan fingerprint density at radius 2 is 1.92 bits per heavy atom. The summed E-state index contributed by atoms with van der Waals surface area (Å²) < 4.78 is 1.75. The van der Waals surface area contributed by atoms with Crippen molar-refractivity contribution in [3.63, 3.8) is 0 Å². The van der Waals surface area contributed by atoms with E-state index in [1.54, 1.807) is 17.0 Å². The average molecular weight is 341 g/mol. The minimum absolute atomic E-state index is 0.0457. The molecule has 0 bridgehead atoms. The lowest BCUT2D eigenvalue weighted by Gasteiger charge is -2.32. The van der Waals surface area contributed by atoms with Gasteiger partial charge in [0.25, 0.3) is 5.56 Å². The third-order valence-electron chi connectivity index (χ3n) is 4.78. The van der Waals surface area contributed by atoms with Crippen LogP contribution in [0.25, 0.3) is 0 Å². The van der Waals surface area contributed by atoms with Gasteiger partial charge in [0.05, 0.1) is 12.0 Å². The van der Waals surface area contributed by atoms with Crippen LogP contribution in [0.1, 0.15) is 45.0 Å². The molecule has 1 aliphatic rings. The summed E-state index contributed by atoms with van der Waals surface area (Å²) in [4.78, 5) is 28.0. The van der Waals surface area contributed by atoms with Crippen molar-refractivity contribution < 1.29 is 0 Å². The van der Waals surface area contributed by atoms with Crippen molar-refractivity contribution in [1.82, 2.24) is 19.5 Å². The highest BCUT2D eigenvalue weighted by Crippen LogP contribution is 2.22. The van der Waals surface area contributed by atoms with E-state index in [-0.39, 0.29) is 11.0 Å². The molecule has 0 spiro atoms. The van der Waals surface area contributed by atoms with E-state index in [2.05, 4.69) is 40.6 Å². The fourth-order valence-corrected chi connectivity index (χ4v) is 3.15. The summed E-state index contributed by atoms with van der Waals surface area (Å²) in [7, 11) is 0. The molecule has 3 heterocycles. The van der Waals surface area contributed by atoms with Gasteiger partial charge in [0.1, 0.15) is 0 Å². The maximum absolute atomic E-state index is 12.4. The normalized spacial score (nSPS) is 16.2. The standard InChI is InChI=1S/C19H27N5O/c1-14-5-8-20-18(22-14)23-9-6-15(7-10-23)12-24-13-21-16(11-17(24)25)19(2,3)4/h5,8,11,13,15H,6-7,9-10,12H2,1-4H3. The summed E-state index contributed by atoms with van der Waals surface area (Å²) in [5.41, 5.74) is 1.78. The van der Waals surface area contributed by atoms with Crippen molar-refractivity contribution in [1.29, 1.82) is 0 Å². The fourth-order valence-electron chi connectivity index (χ4n) is 3.15. The van der Waals surface area contributed by atoms with Gasteiger partial charge in [0.15, 0.2) is 0 Å². The van der Waals surface area contributed by atoms with E-state index in [4.69, 9.17) is 0 Å². The van der Waals surface area contributed by atoms with E-state index in [9.17, 15) is 4.79 Å². The monoisotopic (exact) mass is 341 g/mol. The zero-order chi connectivity index (χ0) is 18.0. The van der Waals surface area contributed by atoms with Crippen LogP contribution >= 0.6 is 0 Å². The highest BCUT2D eigenvalue weighted by molar-refractivity contribution is 5.30. The molecule has 134 valence electrons. The molecule has 2 aromatic rings. The van der Waals surface area contributed by atoms with Crippen molar-refractivity contribution >= 4 is 5.95 Å². The quantitative estimate of drug-likeness (QED) is 0.858. The molecular weight excluding hydrogens is 314 g/mol. The molecule has 1 aliphatic heterocycles. The molecule has 1 saturated heterocycles. The number of rotatable bonds is 3. The number of aromatic nitrogens is 4. The van der Waals surface area contributed by atoms with Crippen LogP contribution in [-0.4, -0.2) is 32.6 Å². The van der Waals surface area contributed by atoms with Gasteiger partial charge in [-0.1, -0.05) is 20.8 Å². The van der Waals surface area contributed by atoms with Gasteiger partial charge >= 0.3 is 0 Å². The summed E-state index contributed by atoms with van der Waals surface area (Å²) in [6.07, 6.45) is 5.58. The number of nitrogens with zero attached hydrogens (tertiary/aromatic N) is 5. The van der Waals surface area contributed by atoms with E-state index >= 15 is 0 Å². The minimum Gasteiger partial charge on any atom is -0.341 e. The van der Waals surface area contributed by atoms with Gasteiger partial charge in [-0.3, -0.25) is 9.36 Å². The molecule has 0 saturated carbocycles. The molecule has 0 unspecified atom stereocenters. The smallest absolute Gasteiger partial charge is 0.253 e. The lowest BCUT2D eigenvalue weighted by Crippen LogP contribution is -2.37. The molecule has 0 aromatic carbocycles. The predicted molar refractivity (Wildman–Crippen MR) is 98.9 cm³/mol. The second kappa shape index (κ2) is 6.94. The summed E-state index contributed by atoms with van der Waals surface area (Å²) in [6.45, 7) is 10.8. The van der Waals surface area contributed by atoms with Crippen LogP contribution in [0.3, 0.4) is 0 Å². The molecule has 1 fully saturated rings. The molecule has 6 heteroatoms. The van der Waals surface area contributed by atoms with Gasteiger partial charge in [-0.15, -0.1) is 0 Å². The summed E-state index contributed by atoms with van der Waals surface area (Å²) in [5.74, 6) is 1.30. The molecule has 0 amide bonds. The van der Waals surface area contributed by atoms with E-state index in [0.717, 1.165) is 49.8 Å². The van der Waals surface area contributed by atoms with Crippen LogP contribution in [0, 0.1) is 12.8 Å². The Hall–Kier alpha value is -2.24. The number of hydrogen-bond donors (Lipinski definition) is 0. The van der Waals surface area contributed by atoms with E-state index in [1.807, 2.05) is 19.2 Å². The number of aryl methyl sites for hydroxylation is 1. The van der Waals surface area contributed by atoms with Crippen LogP contribution in [0.4, 0.5) is 5.95 Å². The summed E-state index contributed by atoms with van der Waals surface area (Å²) in [5, 5.41) is 0.